The molecule has 0 atom stereocenters. The van der Waals surface area contributed by atoms with Crippen molar-refractivity contribution in [1.82, 2.24) is 4.98 Å². The number of carbonyl (C=O) groups excluding carboxylic acids is 2. The maximum absolute atomic E-state index is 12.6. The summed E-state index contributed by atoms with van der Waals surface area (Å²) in [6.07, 6.45) is 0. The highest BCUT2D eigenvalue weighted by Gasteiger charge is 2.18. The van der Waals surface area contributed by atoms with Crippen LogP contribution in [0.5, 0.6) is 5.75 Å². The largest absolute Gasteiger partial charge is 0.482 e. The molecule has 0 spiro atoms. The predicted octanol–water partition coefficient (Wildman–Crippen LogP) is 4.16. The summed E-state index contributed by atoms with van der Waals surface area (Å²) >= 11 is 1.42. The maximum Gasteiger partial charge on any atom is 0.262 e. The fraction of sp³-hybridized carbons (Fsp3) is 0.190. The lowest BCUT2D eigenvalue weighted by molar-refractivity contribution is -0.118. The Hall–Kier alpha value is -2.86. The smallest absolute Gasteiger partial charge is 0.262 e. The van der Waals surface area contributed by atoms with Crippen molar-refractivity contribution in [3.8, 4) is 5.75 Å². The summed E-state index contributed by atoms with van der Waals surface area (Å²) < 4.78 is 5.33. The number of fused-ring (bicyclic) bond motifs is 2. The highest BCUT2D eigenvalue weighted by molar-refractivity contribution is 7.99. The summed E-state index contributed by atoms with van der Waals surface area (Å²) in [5.41, 5.74) is 4.32. The van der Waals surface area contributed by atoms with Crippen molar-refractivity contribution in [3.05, 3.63) is 59.2 Å². The summed E-state index contributed by atoms with van der Waals surface area (Å²) in [5.74, 6) is 0.623. The van der Waals surface area contributed by atoms with Crippen molar-refractivity contribution in [2.75, 3.05) is 17.7 Å². The second kappa shape index (κ2) is 7.04. The van der Waals surface area contributed by atoms with Gasteiger partial charge >= 0.3 is 0 Å². The Labute approximate surface area is 161 Å². The first-order chi connectivity index (χ1) is 13.0. The Morgan fingerprint density at radius 3 is 2.89 bits per heavy atom. The second-order valence-corrected chi connectivity index (χ2v) is 7.50. The Morgan fingerprint density at radius 1 is 1.19 bits per heavy atom. The molecule has 27 heavy (non-hydrogen) atoms. The van der Waals surface area contributed by atoms with E-state index in [1.54, 1.807) is 18.2 Å². The van der Waals surface area contributed by atoms with Crippen molar-refractivity contribution in [1.29, 1.82) is 0 Å². The van der Waals surface area contributed by atoms with Gasteiger partial charge in [0.15, 0.2) is 12.4 Å². The van der Waals surface area contributed by atoms with Gasteiger partial charge in [-0.05, 0) is 49.2 Å². The molecular weight excluding hydrogens is 360 g/mol. The molecule has 0 unspecified atom stereocenters. The van der Waals surface area contributed by atoms with Crippen LogP contribution >= 0.6 is 11.8 Å². The summed E-state index contributed by atoms with van der Waals surface area (Å²) in [7, 11) is 0. The number of pyridine rings is 1. The van der Waals surface area contributed by atoms with E-state index in [0.29, 0.717) is 17.0 Å². The average molecular weight is 378 g/mol. The fourth-order valence-corrected chi connectivity index (χ4v) is 3.95. The third kappa shape index (κ3) is 3.53. The number of carbonyl (C=O) groups is 2. The monoisotopic (exact) mass is 378 g/mol. The first kappa shape index (κ1) is 17.5. The summed E-state index contributed by atoms with van der Waals surface area (Å²) in [5, 5.41) is 4.69. The predicted molar refractivity (Wildman–Crippen MR) is 107 cm³/mol. The first-order valence-electron chi connectivity index (χ1n) is 8.61. The van der Waals surface area contributed by atoms with Gasteiger partial charge in [0.05, 0.1) is 22.0 Å². The number of amides is 1. The number of ketones is 1. The molecule has 0 radical (unpaired) electrons. The molecule has 1 aliphatic rings. The van der Waals surface area contributed by atoms with Crippen LogP contribution < -0.4 is 10.1 Å². The van der Waals surface area contributed by atoms with E-state index in [1.165, 1.54) is 11.8 Å². The molecule has 0 aliphatic carbocycles. The SMILES string of the molecule is Cc1cc(SCC(=O)c2ccc3c(c2)NC(=O)CO3)nc2c(C)cccc12. The number of anilines is 1. The number of benzene rings is 2. The quantitative estimate of drug-likeness (QED) is 0.545. The van der Waals surface area contributed by atoms with Crippen molar-refractivity contribution in [3.63, 3.8) is 0 Å². The molecule has 0 bridgehead atoms. The molecule has 5 nitrogen and oxygen atoms in total. The van der Waals surface area contributed by atoms with E-state index in [4.69, 9.17) is 9.72 Å². The van der Waals surface area contributed by atoms with Crippen molar-refractivity contribution >= 4 is 40.0 Å². The van der Waals surface area contributed by atoms with E-state index in [0.717, 1.165) is 27.1 Å². The number of para-hydroxylation sites is 1. The molecule has 1 amide bonds. The van der Waals surface area contributed by atoms with Gasteiger partial charge in [0.2, 0.25) is 0 Å². The number of aryl methyl sites for hydroxylation is 2. The number of aromatic nitrogens is 1. The van der Waals surface area contributed by atoms with Crippen molar-refractivity contribution < 1.29 is 14.3 Å². The molecule has 1 N–H and O–H groups in total. The summed E-state index contributed by atoms with van der Waals surface area (Å²) in [6.45, 7) is 4.10. The van der Waals surface area contributed by atoms with Crippen LogP contribution in [0.2, 0.25) is 0 Å². The molecule has 4 rings (SSSR count). The molecule has 3 aromatic rings. The number of nitrogens with one attached hydrogen (secondary N) is 1. The van der Waals surface area contributed by atoms with Gasteiger partial charge in [-0.1, -0.05) is 30.0 Å². The van der Waals surface area contributed by atoms with Crippen molar-refractivity contribution in [2.45, 2.75) is 18.9 Å². The molecule has 1 aliphatic heterocycles. The van der Waals surface area contributed by atoms with E-state index in [9.17, 15) is 9.59 Å². The van der Waals surface area contributed by atoms with Crippen LogP contribution in [-0.4, -0.2) is 29.0 Å². The van der Waals surface area contributed by atoms with E-state index in [2.05, 4.69) is 18.3 Å². The number of ether oxygens (including phenoxy) is 1. The summed E-state index contributed by atoms with van der Waals surface area (Å²) in [4.78, 5) is 28.8. The van der Waals surface area contributed by atoms with Crippen LogP contribution in [0.3, 0.4) is 0 Å². The van der Waals surface area contributed by atoms with Gasteiger partial charge in [-0.15, -0.1) is 0 Å². The lowest BCUT2D eigenvalue weighted by Gasteiger charge is -2.18. The van der Waals surface area contributed by atoms with Crippen LogP contribution in [0.15, 0.2) is 47.5 Å². The van der Waals surface area contributed by atoms with Gasteiger partial charge in [-0.25, -0.2) is 4.98 Å². The maximum atomic E-state index is 12.6. The van der Waals surface area contributed by atoms with Gasteiger partial charge in [0.25, 0.3) is 5.91 Å². The molecular formula is C21H18N2O3S. The Morgan fingerprint density at radius 2 is 2.04 bits per heavy atom. The zero-order valence-corrected chi connectivity index (χ0v) is 15.9. The van der Waals surface area contributed by atoms with Gasteiger partial charge < -0.3 is 10.1 Å². The molecule has 0 saturated heterocycles. The molecule has 2 aromatic carbocycles. The third-order valence-corrected chi connectivity index (χ3v) is 5.42. The van der Waals surface area contributed by atoms with E-state index in [1.807, 2.05) is 25.1 Å². The number of Topliss-reactive ketones (excluding diaryl/α,β-unsaturated/α-hetero) is 1. The second-order valence-electron chi connectivity index (χ2n) is 6.51. The Bertz CT molecular complexity index is 1080. The normalized spacial score (nSPS) is 13.0. The van der Waals surface area contributed by atoms with Gasteiger partial charge in [-0.3, -0.25) is 9.59 Å². The number of thioether (sulfide) groups is 1. The van der Waals surface area contributed by atoms with Gasteiger partial charge in [0, 0.05) is 10.9 Å². The fourth-order valence-electron chi connectivity index (χ4n) is 3.08. The highest BCUT2D eigenvalue weighted by Crippen LogP contribution is 2.30. The number of hydrogen-bond donors (Lipinski definition) is 1. The number of nitrogens with zero attached hydrogens (tertiary/aromatic N) is 1. The van der Waals surface area contributed by atoms with Gasteiger partial charge in [-0.2, -0.15) is 0 Å². The molecule has 6 heteroatoms. The van der Waals surface area contributed by atoms with Crippen molar-refractivity contribution in [2.24, 2.45) is 0 Å². The van der Waals surface area contributed by atoms with Crippen LogP contribution in [0.4, 0.5) is 5.69 Å². The molecule has 136 valence electrons. The van der Waals surface area contributed by atoms with E-state index in [-0.39, 0.29) is 24.1 Å². The molecule has 2 heterocycles. The molecule has 1 aromatic heterocycles. The number of rotatable bonds is 4. The standard InChI is InChI=1S/C21H18N2O3S/c1-12-4-3-5-15-13(2)8-20(23-21(12)15)27-11-17(24)14-6-7-18-16(9-14)22-19(25)10-26-18/h3-9H,10-11H2,1-2H3,(H,22,25). The zero-order valence-electron chi connectivity index (χ0n) is 15.0. The lowest BCUT2D eigenvalue weighted by Crippen LogP contribution is -2.25. The third-order valence-electron chi connectivity index (χ3n) is 4.51. The van der Waals surface area contributed by atoms with E-state index >= 15 is 0 Å². The summed E-state index contributed by atoms with van der Waals surface area (Å²) in [6, 6.07) is 13.3. The number of hydrogen-bond acceptors (Lipinski definition) is 5. The molecule has 0 fully saturated rings. The molecule has 0 saturated carbocycles. The lowest BCUT2D eigenvalue weighted by atomic mass is 10.1. The van der Waals surface area contributed by atoms with Crippen LogP contribution in [0.25, 0.3) is 10.9 Å². The minimum absolute atomic E-state index is 0.00253. The van der Waals surface area contributed by atoms with Crippen LogP contribution in [-0.2, 0) is 4.79 Å². The topological polar surface area (TPSA) is 68.3 Å². The van der Waals surface area contributed by atoms with Crippen LogP contribution in [0, 0.1) is 13.8 Å². The highest BCUT2D eigenvalue weighted by atomic mass is 32.2. The first-order valence-corrected chi connectivity index (χ1v) is 9.59. The average Bonchev–Trinajstić information content (AvgIpc) is 2.66. The Balaban J connectivity index is 1.53. The minimum atomic E-state index is -0.215. The zero-order chi connectivity index (χ0) is 19.0. The Kier molecular flexibility index (Phi) is 4.58. The van der Waals surface area contributed by atoms with Gasteiger partial charge in [0.1, 0.15) is 5.75 Å². The van der Waals surface area contributed by atoms with E-state index < -0.39 is 0 Å². The van der Waals surface area contributed by atoms with Crippen LogP contribution in [0.1, 0.15) is 21.5 Å². The minimum Gasteiger partial charge on any atom is -0.482 e.